The van der Waals surface area contributed by atoms with Gasteiger partial charge in [0, 0.05) is 64.7 Å². The van der Waals surface area contributed by atoms with Crippen LogP contribution in [-0.4, -0.2) is 91.0 Å². The first-order valence-corrected chi connectivity index (χ1v) is 12.0. The van der Waals surface area contributed by atoms with Crippen LogP contribution in [0.25, 0.3) is 0 Å². The lowest BCUT2D eigenvalue weighted by molar-refractivity contribution is -0.138. The molecule has 2 atom stereocenters. The van der Waals surface area contributed by atoms with E-state index >= 15 is 0 Å². The number of carbonyl (C=O) groups is 2. The first-order chi connectivity index (χ1) is 17.2. The van der Waals surface area contributed by atoms with Gasteiger partial charge in [0.05, 0.1) is 30.5 Å². The van der Waals surface area contributed by atoms with Crippen LogP contribution in [0.1, 0.15) is 21.5 Å². The van der Waals surface area contributed by atoms with Gasteiger partial charge in [-0.3, -0.25) is 9.69 Å². The van der Waals surface area contributed by atoms with Gasteiger partial charge in [0.25, 0.3) is 5.91 Å². The Balaban J connectivity index is 1.22. The Morgan fingerprint density at radius 3 is 2.44 bits per heavy atom. The summed E-state index contributed by atoms with van der Waals surface area (Å²) in [7, 11) is 1.51. The van der Waals surface area contributed by atoms with Crippen molar-refractivity contribution in [2.75, 3.05) is 64.4 Å². The number of nitrogens with one attached hydrogen (secondary N) is 1. The van der Waals surface area contributed by atoms with Gasteiger partial charge in [-0.25, -0.2) is 4.79 Å². The summed E-state index contributed by atoms with van der Waals surface area (Å²) in [6.45, 7) is 4.66. The number of aromatic nitrogens is 2. The summed E-state index contributed by atoms with van der Waals surface area (Å²) in [5.41, 5.74) is 0.549. The van der Waals surface area contributed by atoms with Crippen molar-refractivity contribution < 1.29 is 27.5 Å². The van der Waals surface area contributed by atoms with Gasteiger partial charge in [0.1, 0.15) is 0 Å². The molecule has 0 bridgehead atoms. The molecule has 12 heteroatoms. The van der Waals surface area contributed by atoms with Gasteiger partial charge < -0.3 is 19.9 Å². The summed E-state index contributed by atoms with van der Waals surface area (Å²) >= 11 is 0. The second kappa shape index (κ2) is 9.74. The summed E-state index contributed by atoms with van der Waals surface area (Å²) in [6, 6.07) is 4.32. The average molecular weight is 507 g/mol. The minimum absolute atomic E-state index is 0.185. The molecule has 9 nitrogen and oxygen atoms in total. The van der Waals surface area contributed by atoms with E-state index in [1.54, 1.807) is 17.0 Å². The van der Waals surface area contributed by atoms with Crippen LogP contribution in [0, 0.1) is 11.8 Å². The normalized spacial score (nSPS) is 22.7. The quantitative estimate of drug-likeness (QED) is 0.684. The number of morpholine rings is 1. The van der Waals surface area contributed by atoms with Crippen molar-refractivity contribution in [3.8, 4) is 0 Å². The molecule has 4 heterocycles. The Kier molecular flexibility index (Phi) is 6.64. The van der Waals surface area contributed by atoms with E-state index in [1.165, 1.54) is 25.5 Å². The molecule has 0 aliphatic carbocycles. The van der Waals surface area contributed by atoms with Gasteiger partial charge in [0.15, 0.2) is 0 Å². The van der Waals surface area contributed by atoms with Gasteiger partial charge in [-0.05, 0) is 29.5 Å². The second-order valence-electron chi connectivity index (χ2n) is 9.59. The molecule has 3 aliphatic rings. The van der Waals surface area contributed by atoms with Crippen molar-refractivity contribution >= 4 is 17.6 Å². The van der Waals surface area contributed by atoms with E-state index in [9.17, 15) is 22.8 Å². The van der Waals surface area contributed by atoms with Gasteiger partial charge >= 0.3 is 12.2 Å². The van der Waals surface area contributed by atoms with Crippen LogP contribution in [0.5, 0.6) is 0 Å². The molecule has 5 rings (SSSR count). The van der Waals surface area contributed by atoms with Gasteiger partial charge in [0.2, 0.25) is 0 Å². The molecule has 2 unspecified atom stereocenters. The molecule has 3 saturated heterocycles. The lowest BCUT2D eigenvalue weighted by Crippen LogP contribution is -2.36. The number of rotatable bonds is 4. The smallest absolute Gasteiger partial charge is 0.378 e. The predicted molar refractivity (Wildman–Crippen MR) is 125 cm³/mol. The first-order valence-electron chi connectivity index (χ1n) is 12.0. The highest BCUT2D eigenvalue weighted by atomic mass is 19.4. The minimum atomic E-state index is -4.44. The number of ether oxygens (including phenoxy) is 1. The number of amides is 2. The zero-order chi connectivity index (χ0) is 25.4. The van der Waals surface area contributed by atoms with Gasteiger partial charge in [-0.1, -0.05) is 6.07 Å². The van der Waals surface area contributed by atoms with Crippen LogP contribution in [0.2, 0.25) is 0 Å². The maximum Gasteiger partial charge on any atom is 0.416 e. The van der Waals surface area contributed by atoms with E-state index in [4.69, 9.17) is 4.74 Å². The van der Waals surface area contributed by atoms with Gasteiger partial charge in [-0.15, -0.1) is 0 Å². The summed E-state index contributed by atoms with van der Waals surface area (Å²) in [5, 5.41) is 6.50. The monoisotopic (exact) mass is 506 g/mol. The summed E-state index contributed by atoms with van der Waals surface area (Å²) in [4.78, 5) is 30.2. The van der Waals surface area contributed by atoms with Crippen molar-refractivity contribution in [3.63, 3.8) is 0 Å². The Morgan fingerprint density at radius 1 is 1.11 bits per heavy atom. The topological polar surface area (TPSA) is 82.9 Å². The molecule has 0 radical (unpaired) electrons. The number of carbonyl (C=O) groups excluding carboxylic acids is 2. The third kappa shape index (κ3) is 4.92. The third-order valence-electron chi connectivity index (χ3n) is 7.27. The van der Waals surface area contributed by atoms with Crippen molar-refractivity contribution in [1.82, 2.24) is 24.9 Å². The molecule has 0 saturated carbocycles. The number of likely N-dealkylation sites (tertiary alicyclic amines) is 2. The Morgan fingerprint density at radius 2 is 1.81 bits per heavy atom. The highest BCUT2D eigenvalue weighted by molar-refractivity contribution is 5.94. The maximum absolute atomic E-state index is 13.9. The third-order valence-corrected chi connectivity index (χ3v) is 7.27. The molecule has 2 amide bonds. The molecule has 194 valence electrons. The van der Waals surface area contributed by atoms with E-state index in [1.807, 2.05) is 9.80 Å². The largest absolute Gasteiger partial charge is 0.416 e. The first kappa shape index (κ1) is 24.6. The fourth-order valence-electron chi connectivity index (χ4n) is 5.43. The van der Waals surface area contributed by atoms with E-state index in [0.717, 1.165) is 4.68 Å². The molecular formula is C24H29F3N6O3. The number of anilines is 1. The zero-order valence-electron chi connectivity index (χ0n) is 20.0. The van der Waals surface area contributed by atoms with Crippen LogP contribution in [0.15, 0.2) is 30.6 Å². The number of hydrogen-bond acceptors (Lipinski definition) is 6. The molecule has 36 heavy (non-hydrogen) atoms. The molecule has 2 aromatic rings. The number of benzene rings is 1. The lowest BCUT2D eigenvalue weighted by atomic mass is 10.0. The highest BCUT2D eigenvalue weighted by Crippen LogP contribution is 2.37. The van der Waals surface area contributed by atoms with Crippen LogP contribution in [0.4, 0.5) is 23.7 Å². The highest BCUT2D eigenvalue weighted by Gasteiger charge is 2.43. The van der Waals surface area contributed by atoms with Crippen LogP contribution < -0.4 is 10.2 Å². The van der Waals surface area contributed by atoms with E-state index in [0.29, 0.717) is 63.7 Å². The van der Waals surface area contributed by atoms with Crippen molar-refractivity contribution in [1.29, 1.82) is 0 Å². The molecule has 1 aromatic carbocycles. The molecule has 1 aromatic heterocycles. The van der Waals surface area contributed by atoms with E-state index < -0.39 is 11.7 Å². The summed E-state index contributed by atoms with van der Waals surface area (Å²) in [6.07, 6.45) is -1.69. The Bertz CT molecular complexity index is 1120. The van der Waals surface area contributed by atoms with Crippen molar-refractivity contribution in [2.24, 2.45) is 11.8 Å². The molecule has 3 aliphatic heterocycles. The Hall–Kier alpha value is -3.12. The SMILES string of the molecule is CNC(=O)c1cnn(C(=O)N2CC3CN(Cc4ccc(N5CCOCC5)cc4C(F)(F)F)CC3C2)c1. The van der Waals surface area contributed by atoms with E-state index in [-0.39, 0.29) is 35.9 Å². The number of nitrogens with zero attached hydrogens (tertiary/aromatic N) is 5. The minimum Gasteiger partial charge on any atom is -0.378 e. The van der Waals surface area contributed by atoms with Crippen LogP contribution >= 0.6 is 0 Å². The summed E-state index contributed by atoms with van der Waals surface area (Å²) in [5.74, 6) is 0.0500. The van der Waals surface area contributed by atoms with Crippen LogP contribution in [0.3, 0.4) is 0 Å². The number of hydrogen-bond donors (Lipinski definition) is 1. The predicted octanol–water partition coefficient (Wildman–Crippen LogP) is 2.13. The molecule has 0 spiro atoms. The molecule has 1 N–H and O–H groups in total. The van der Waals surface area contributed by atoms with E-state index in [2.05, 4.69) is 10.4 Å². The fourth-order valence-corrected chi connectivity index (χ4v) is 5.43. The summed E-state index contributed by atoms with van der Waals surface area (Å²) < 4.78 is 48.3. The Labute approximate surface area is 206 Å². The van der Waals surface area contributed by atoms with Crippen molar-refractivity contribution in [2.45, 2.75) is 12.7 Å². The number of fused-ring (bicyclic) bond motifs is 1. The molecular weight excluding hydrogens is 477 g/mol. The van der Waals surface area contributed by atoms with Crippen molar-refractivity contribution in [3.05, 3.63) is 47.3 Å². The second-order valence-corrected chi connectivity index (χ2v) is 9.59. The van der Waals surface area contributed by atoms with Crippen LogP contribution in [-0.2, 0) is 17.5 Å². The molecule has 3 fully saturated rings. The fraction of sp³-hybridized carbons (Fsp3) is 0.542. The zero-order valence-corrected chi connectivity index (χ0v) is 20.0. The maximum atomic E-state index is 13.9. The average Bonchev–Trinajstić information content (AvgIpc) is 3.59. The number of halogens is 3. The van der Waals surface area contributed by atoms with Gasteiger partial charge in [-0.2, -0.15) is 23.0 Å². The standard InChI is InChI=1S/C24H29F3N6O3/c1-28-22(34)17-9-29-33(15-17)23(35)32-13-18-11-30(12-19(18)14-32)10-16-2-3-20(8-21(16)24(25,26)27)31-4-6-36-7-5-31/h2-3,8-9,15,18-19H,4-7,10-14H2,1H3,(H,28,34). The number of alkyl halides is 3. The lowest BCUT2D eigenvalue weighted by Gasteiger charge is -2.30.